The van der Waals surface area contributed by atoms with Crippen molar-refractivity contribution in [2.24, 2.45) is 11.8 Å². The molecule has 0 radical (unpaired) electrons. The maximum Gasteiger partial charge on any atom is 0.131 e. The van der Waals surface area contributed by atoms with Gasteiger partial charge in [0.15, 0.2) is 0 Å². The summed E-state index contributed by atoms with van der Waals surface area (Å²) in [5, 5.41) is 2.34. The molecule has 2 aromatic carbocycles. The van der Waals surface area contributed by atoms with Crippen molar-refractivity contribution in [3.8, 4) is 11.5 Å². The van der Waals surface area contributed by atoms with Gasteiger partial charge in [0.2, 0.25) is 0 Å². The molecule has 0 bridgehead atoms. The fourth-order valence-corrected chi connectivity index (χ4v) is 3.14. The Morgan fingerprint density at radius 2 is 1.17 bits per heavy atom. The summed E-state index contributed by atoms with van der Waals surface area (Å²) in [4.78, 5) is 0. The Morgan fingerprint density at radius 1 is 0.750 bits per heavy atom. The van der Waals surface area contributed by atoms with Gasteiger partial charge in [0.25, 0.3) is 0 Å². The molecule has 2 aromatic rings. The lowest BCUT2D eigenvalue weighted by Crippen LogP contribution is -2.12. The third-order valence-electron chi connectivity index (χ3n) is 4.26. The minimum Gasteiger partial charge on any atom is -0.492 e. The summed E-state index contributed by atoms with van der Waals surface area (Å²) in [7, 11) is 0. The van der Waals surface area contributed by atoms with Gasteiger partial charge in [-0.25, -0.2) is 0 Å². The van der Waals surface area contributed by atoms with Crippen LogP contribution >= 0.6 is 0 Å². The van der Waals surface area contributed by atoms with Gasteiger partial charge in [-0.3, -0.25) is 0 Å². The summed E-state index contributed by atoms with van der Waals surface area (Å²) in [6.45, 7) is 10.2. The molecule has 128 valence electrons. The van der Waals surface area contributed by atoms with Crippen molar-refractivity contribution in [1.82, 2.24) is 0 Å². The SMILES string of the molecule is CC(C)COc1c2c(c(OCC(C)C)c3ccccc13)CC=CC2. The fourth-order valence-electron chi connectivity index (χ4n) is 3.14. The van der Waals surface area contributed by atoms with Crippen LogP contribution in [0.5, 0.6) is 11.5 Å². The van der Waals surface area contributed by atoms with Gasteiger partial charge in [-0.15, -0.1) is 0 Å². The highest BCUT2D eigenvalue weighted by Crippen LogP contribution is 2.43. The average molecular weight is 324 g/mol. The van der Waals surface area contributed by atoms with Crippen LogP contribution in [0.3, 0.4) is 0 Å². The molecule has 3 rings (SSSR count). The Balaban J connectivity index is 2.15. The predicted molar refractivity (Wildman–Crippen MR) is 101 cm³/mol. The lowest BCUT2D eigenvalue weighted by atomic mass is 9.90. The van der Waals surface area contributed by atoms with Crippen molar-refractivity contribution in [1.29, 1.82) is 0 Å². The molecular weight excluding hydrogens is 296 g/mol. The lowest BCUT2D eigenvalue weighted by molar-refractivity contribution is 0.265. The van der Waals surface area contributed by atoms with Gasteiger partial charge in [0, 0.05) is 21.9 Å². The number of hydrogen-bond donors (Lipinski definition) is 0. The summed E-state index contributed by atoms with van der Waals surface area (Å²) in [5.41, 5.74) is 2.60. The standard InChI is InChI=1S/C22H28O2/c1-15(2)13-23-21-17-9-5-7-11-19(17)22(24-14-16(3)4)20-12-8-6-10-18(20)21/h5-9,11,15-16H,10,12-14H2,1-4H3. The number of hydrogen-bond acceptors (Lipinski definition) is 2. The minimum atomic E-state index is 0.510. The summed E-state index contributed by atoms with van der Waals surface area (Å²) in [6.07, 6.45) is 6.33. The number of ether oxygens (including phenoxy) is 2. The van der Waals surface area contributed by atoms with E-state index in [4.69, 9.17) is 9.47 Å². The van der Waals surface area contributed by atoms with E-state index in [0.717, 1.165) is 37.6 Å². The molecule has 0 aromatic heterocycles. The Labute approximate surface area is 145 Å². The molecule has 24 heavy (non-hydrogen) atoms. The molecule has 0 saturated heterocycles. The monoisotopic (exact) mass is 324 g/mol. The smallest absolute Gasteiger partial charge is 0.131 e. The van der Waals surface area contributed by atoms with E-state index in [1.165, 1.54) is 21.9 Å². The molecule has 2 heteroatoms. The van der Waals surface area contributed by atoms with Crippen molar-refractivity contribution in [2.75, 3.05) is 13.2 Å². The maximum absolute atomic E-state index is 6.27. The van der Waals surface area contributed by atoms with E-state index in [9.17, 15) is 0 Å². The fraction of sp³-hybridized carbons (Fsp3) is 0.455. The van der Waals surface area contributed by atoms with E-state index < -0.39 is 0 Å². The summed E-state index contributed by atoms with van der Waals surface area (Å²) < 4.78 is 12.5. The molecule has 2 nitrogen and oxygen atoms in total. The van der Waals surface area contributed by atoms with E-state index in [2.05, 4.69) is 64.1 Å². The van der Waals surface area contributed by atoms with Crippen LogP contribution in [0.15, 0.2) is 36.4 Å². The lowest BCUT2D eigenvalue weighted by Gasteiger charge is -2.24. The topological polar surface area (TPSA) is 18.5 Å². The first kappa shape index (κ1) is 16.9. The largest absolute Gasteiger partial charge is 0.492 e. The van der Waals surface area contributed by atoms with Crippen LogP contribution in [0.2, 0.25) is 0 Å². The highest BCUT2D eigenvalue weighted by Gasteiger charge is 2.22. The van der Waals surface area contributed by atoms with Gasteiger partial charge >= 0.3 is 0 Å². The molecule has 1 aliphatic carbocycles. The first-order valence-corrected chi connectivity index (χ1v) is 9.05. The van der Waals surface area contributed by atoms with Crippen LogP contribution in [0.1, 0.15) is 38.8 Å². The van der Waals surface area contributed by atoms with Crippen LogP contribution in [0, 0.1) is 11.8 Å². The molecule has 0 N–H and O–H groups in total. The van der Waals surface area contributed by atoms with Gasteiger partial charge in [-0.1, -0.05) is 64.1 Å². The zero-order valence-corrected chi connectivity index (χ0v) is 15.3. The number of fused-ring (bicyclic) bond motifs is 2. The third kappa shape index (κ3) is 3.43. The predicted octanol–water partition coefficient (Wildman–Crippen LogP) is 5.56. The first-order valence-electron chi connectivity index (χ1n) is 9.05. The molecule has 0 amide bonds. The molecule has 0 fully saturated rings. The second-order valence-electron chi connectivity index (χ2n) is 7.45. The molecule has 0 aliphatic heterocycles. The second kappa shape index (κ2) is 7.29. The Hall–Kier alpha value is -1.96. The molecule has 0 spiro atoms. The highest BCUT2D eigenvalue weighted by atomic mass is 16.5. The van der Waals surface area contributed by atoms with Crippen LogP contribution in [-0.4, -0.2) is 13.2 Å². The van der Waals surface area contributed by atoms with Crippen LogP contribution in [0.4, 0.5) is 0 Å². The van der Waals surface area contributed by atoms with Crippen molar-refractivity contribution in [3.63, 3.8) is 0 Å². The molecule has 0 saturated carbocycles. The van der Waals surface area contributed by atoms with Crippen molar-refractivity contribution >= 4 is 10.8 Å². The highest BCUT2D eigenvalue weighted by molar-refractivity contribution is 5.96. The van der Waals surface area contributed by atoms with Crippen molar-refractivity contribution in [3.05, 3.63) is 47.5 Å². The Kier molecular flexibility index (Phi) is 5.13. The minimum absolute atomic E-state index is 0.510. The van der Waals surface area contributed by atoms with Crippen molar-refractivity contribution < 1.29 is 9.47 Å². The molecule has 0 atom stereocenters. The van der Waals surface area contributed by atoms with E-state index in [-0.39, 0.29) is 0 Å². The van der Waals surface area contributed by atoms with Gasteiger partial charge in [-0.2, -0.15) is 0 Å². The molecular formula is C22H28O2. The summed E-state index contributed by atoms with van der Waals surface area (Å²) in [6, 6.07) is 8.49. The van der Waals surface area contributed by atoms with Crippen molar-refractivity contribution in [2.45, 2.75) is 40.5 Å². The zero-order valence-electron chi connectivity index (χ0n) is 15.3. The Bertz CT molecular complexity index is 679. The number of benzene rings is 2. The van der Waals surface area contributed by atoms with Crippen LogP contribution in [0.25, 0.3) is 10.8 Å². The van der Waals surface area contributed by atoms with E-state index in [1.807, 2.05) is 0 Å². The van der Waals surface area contributed by atoms with E-state index in [1.54, 1.807) is 0 Å². The number of rotatable bonds is 6. The van der Waals surface area contributed by atoms with Gasteiger partial charge < -0.3 is 9.47 Å². The maximum atomic E-state index is 6.27. The average Bonchev–Trinajstić information content (AvgIpc) is 2.57. The zero-order chi connectivity index (χ0) is 17.1. The van der Waals surface area contributed by atoms with Gasteiger partial charge in [0.1, 0.15) is 11.5 Å². The summed E-state index contributed by atoms with van der Waals surface area (Å²) in [5.74, 6) is 3.12. The van der Waals surface area contributed by atoms with Crippen LogP contribution in [-0.2, 0) is 12.8 Å². The number of allylic oxidation sites excluding steroid dienone is 2. The third-order valence-corrected chi connectivity index (χ3v) is 4.26. The molecule has 0 heterocycles. The second-order valence-corrected chi connectivity index (χ2v) is 7.45. The Morgan fingerprint density at radius 3 is 1.54 bits per heavy atom. The molecule has 1 aliphatic rings. The van der Waals surface area contributed by atoms with Gasteiger partial charge in [0.05, 0.1) is 13.2 Å². The normalized spacial score (nSPS) is 13.6. The molecule has 0 unspecified atom stereocenters. The van der Waals surface area contributed by atoms with Crippen LogP contribution < -0.4 is 9.47 Å². The quantitative estimate of drug-likeness (QED) is 0.647. The van der Waals surface area contributed by atoms with E-state index in [0.29, 0.717) is 11.8 Å². The van der Waals surface area contributed by atoms with E-state index >= 15 is 0 Å². The van der Waals surface area contributed by atoms with Gasteiger partial charge in [-0.05, 0) is 24.7 Å². The summed E-state index contributed by atoms with van der Waals surface area (Å²) >= 11 is 0. The first-order chi connectivity index (χ1) is 11.6.